The molecule has 0 saturated heterocycles. The standard InChI is InChI=1S/C23H29N5O2S/c1-14-4-3-5-18(6-14)20-26-27-22(28(20)2)31-13-19(29)24-21(30)25-23-10-15-7-16(11-23)9-17(8-15)12-23/h3-6,15-17H,7-13H2,1-2H3,(H2,24,25,29,30). The first-order valence-electron chi connectivity index (χ1n) is 11.1. The van der Waals surface area contributed by atoms with Gasteiger partial charge in [0.1, 0.15) is 0 Å². The number of hydrogen-bond donors (Lipinski definition) is 2. The zero-order valence-electron chi connectivity index (χ0n) is 18.1. The minimum Gasteiger partial charge on any atom is -0.332 e. The number of nitrogens with one attached hydrogen (secondary N) is 2. The second kappa shape index (κ2) is 7.97. The molecule has 0 aliphatic heterocycles. The smallest absolute Gasteiger partial charge is 0.321 e. The Balaban J connectivity index is 1.15. The molecule has 0 atom stereocenters. The van der Waals surface area contributed by atoms with E-state index in [0.29, 0.717) is 5.16 Å². The molecule has 6 rings (SSSR count). The zero-order valence-corrected chi connectivity index (χ0v) is 18.9. The van der Waals surface area contributed by atoms with Crippen LogP contribution in [-0.4, -0.2) is 38.0 Å². The lowest BCUT2D eigenvalue weighted by Gasteiger charge is -2.56. The van der Waals surface area contributed by atoms with Crippen molar-refractivity contribution in [3.8, 4) is 11.4 Å². The van der Waals surface area contributed by atoms with Gasteiger partial charge in [0.2, 0.25) is 5.91 Å². The Bertz CT molecular complexity index is 982. The molecule has 8 heteroatoms. The van der Waals surface area contributed by atoms with Crippen LogP contribution in [0.25, 0.3) is 11.4 Å². The molecule has 1 aromatic heterocycles. The van der Waals surface area contributed by atoms with E-state index in [2.05, 4.69) is 26.9 Å². The number of thioether (sulfide) groups is 1. The summed E-state index contributed by atoms with van der Waals surface area (Å²) in [5.41, 5.74) is 2.04. The number of carbonyl (C=O) groups is 2. The molecule has 31 heavy (non-hydrogen) atoms. The fourth-order valence-corrected chi connectivity index (χ4v) is 7.02. The van der Waals surface area contributed by atoms with Crippen molar-refractivity contribution in [3.05, 3.63) is 29.8 Å². The van der Waals surface area contributed by atoms with Crippen molar-refractivity contribution in [2.45, 2.75) is 56.1 Å². The molecule has 0 radical (unpaired) electrons. The molecule has 1 aromatic carbocycles. The molecule has 4 saturated carbocycles. The van der Waals surface area contributed by atoms with E-state index in [1.54, 1.807) is 0 Å². The molecule has 2 N–H and O–H groups in total. The van der Waals surface area contributed by atoms with Crippen molar-refractivity contribution in [1.82, 2.24) is 25.4 Å². The topological polar surface area (TPSA) is 88.9 Å². The molecule has 4 fully saturated rings. The fourth-order valence-electron chi connectivity index (χ4n) is 6.30. The number of benzene rings is 1. The van der Waals surface area contributed by atoms with E-state index in [4.69, 9.17) is 0 Å². The number of imide groups is 1. The van der Waals surface area contributed by atoms with Crippen molar-refractivity contribution in [2.75, 3.05) is 5.75 Å². The highest BCUT2D eigenvalue weighted by Gasteiger charge is 2.51. The van der Waals surface area contributed by atoms with E-state index < -0.39 is 0 Å². The third kappa shape index (κ3) is 4.22. The summed E-state index contributed by atoms with van der Waals surface area (Å²) in [7, 11) is 1.89. The summed E-state index contributed by atoms with van der Waals surface area (Å²) in [5, 5.41) is 14.8. The van der Waals surface area contributed by atoms with Gasteiger partial charge < -0.3 is 9.88 Å². The molecule has 164 valence electrons. The number of aryl methyl sites for hydroxylation is 1. The lowest BCUT2D eigenvalue weighted by Crippen LogP contribution is -2.61. The third-order valence-electron chi connectivity index (χ3n) is 7.11. The average Bonchev–Trinajstić information content (AvgIpc) is 3.05. The first-order valence-corrected chi connectivity index (χ1v) is 12.1. The fraction of sp³-hybridized carbons (Fsp3) is 0.565. The van der Waals surface area contributed by atoms with Crippen LogP contribution in [0.15, 0.2) is 29.4 Å². The average molecular weight is 440 g/mol. The molecular weight excluding hydrogens is 410 g/mol. The highest BCUT2D eigenvalue weighted by atomic mass is 32.2. The van der Waals surface area contributed by atoms with Crippen molar-refractivity contribution < 1.29 is 9.59 Å². The maximum atomic E-state index is 12.6. The van der Waals surface area contributed by atoms with Gasteiger partial charge >= 0.3 is 6.03 Å². The largest absolute Gasteiger partial charge is 0.332 e. The van der Waals surface area contributed by atoms with E-state index in [0.717, 1.165) is 54.0 Å². The van der Waals surface area contributed by atoms with Crippen LogP contribution in [-0.2, 0) is 11.8 Å². The molecule has 7 nitrogen and oxygen atoms in total. The number of urea groups is 1. The van der Waals surface area contributed by atoms with Crippen LogP contribution >= 0.6 is 11.8 Å². The molecule has 4 bridgehead atoms. The van der Waals surface area contributed by atoms with E-state index in [-0.39, 0.29) is 23.2 Å². The molecular formula is C23H29N5O2S. The number of rotatable bonds is 5. The van der Waals surface area contributed by atoms with Gasteiger partial charge in [-0.1, -0.05) is 35.5 Å². The highest BCUT2D eigenvalue weighted by molar-refractivity contribution is 7.99. The van der Waals surface area contributed by atoms with Crippen LogP contribution < -0.4 is 10.6 Å². The van der Waals surface area contributed by atoms with Gasteiger partial charge in [0.15, 0.2) is 11.0 Å². The van der Waals surface area contributed by atoms with E-state index in [9.17, 15) is 9.59 Å². The Morgan fingerprint density at radius 2 is 1.81 bits per heavy atom. The van der Waals surface area contributed by atoms with Crippen LogP contribution in [0.3, 0.4) is 0 Å². The van der Waals surface area contributed by atoms with Crippen LogP contribution in [0.1, 0.15) is 44.1 Å². The maximum Gasteiger partial charge on any atom is 0.321 e. The number of carbonyl (C=O) groups excluding carboxylic acids is 2. The van der Waals surface area contributed by atoms with Gasteiger partial charge in [-0.15, -0.1) is 10.2 Å². The van der Waals surface area contributed by atoms with Crippen LogP contribution in [0.4, 0.5) is 4.79 Å². The quantitative estimate of drug-likeness (QED) is 0.694. The first kappa shape index (κ1) is 20.5. The Kier molecular flexibility index (Phi) is 5.28. The molecule has 1 heterocycles. The highest BCUT2D eigenvalue weighted by Crippen LogP contribution is 2.55. The van der Waals surface area contributed by atoms with Gasteiger partial charge in [-0.2, -0.15) is 0 Å². The van der Waals surface area contributed by atoms with E-state index in [1.165, 1.54) is 31.0 Å². The second-order valence-corrected chi connectivity index (χ2v) is 10.7. The predicted molar refractivity (Wildman–Crippen MR) is 119 cm³/mol. The SMILES string of the molecule is Cc1cccc(-c2nnc(SCC(=O)NC(=O)NC34CC5CC(CC(C5)C3)C4)n2C)c1. The van der Waals surface area contributed by atoms with Gasteiger partial charge in [-0.25, -0.2) is 4.79 Å². The minimum absolute atomic E-state index is 0.0986. The predicted octanol–water partition coefficient (Wildman–Crippen LogP) is 3.68. The van der Waals surface area contributed by atoms with Crippen molar-refractivity contribution >= 4 is 23.7 Å². The molecule has 3 amide bonds. The van der Waals surface area contributed by atoms with Gasteiger partial charge in [0, 0.05) is 18.2 Å². The van der Waals surface area contributed by atoms with Crippen LogP contribution in [0, 0.1) is 24.7 Å². The van der Waals surface area contributed by atoms with Crippen LogP contribution in [0.5, 0.6) is 0 Å². The molecule has 0 unspecified atom stereocenters. The Morgan fingerprint density at radius 1 is 1.13 bits per heavy atom. The zero-order chi connectivity index (χ0) is 21.6. The van der Waals surface area contributed by atoms with Gasteiger partial charge in [0.05, 0.1) is 5.75 Å². The first-order chi connectivity index (χ1) is 14.9. The lowest BCUT2D eigenvalue weighted by atomic mass is 9.53. The minimum atomic E-state index is -0.356. The second-order valence-electron chi connectivity index (χ2n) is 9.72. The summed E-state index contributed by atoms with van der Waals surface area (Å²) < 4.78 is 1.88. The molecule has 4 aliphatic carbocycles. The summed E-state index contributed by atoms with van der Waals surface area (Å²) in [6.45, 7) is 2.04. The number of hydrogen-bond acceptors (Lipinski definition) is 5. The molecule has 0 spiro atoms. The summed E-state index contributed by atoms with van der Waals surface area (Å²) in [4.78, 5) is 24.9. The normalized spacial score (nSPS) is 28.5. The van der Waals surface area contributed by atoms with E-state index in [1.807, 2.05) is 36.7 Å². The Morgan fingerprint density at radius 3 is 2.45 bits per heavy atom. The number of aromatic nitrogens is 3. The lowest BCUT2D eigenvalue weighted by molar-refractivity contribution is -0.117. The van der Waals surface area contributed by atoms with Crippen LogP contribution in [0.2, 0.25) is 0 Å². The summed E-state index contributed by atoms with van der Waals surface area (Å²) in [5.74, 6) is 2.80. The third-order valence-corrected chi connectivity index (χ3v) is 8.13. The molecule has 4 aliphatic rings. The van der Waals surface area contributed by atoms with Crippen molar-refractivity contribution in [2.24, 2.45) is 24.8 Å². The maximum absolute atomic E-state index is 12.6. The van der Waals surface area contributed by atoms with Gasteiger partial charge in [-0.3, -0.25) is 10.1 Å². The monoisotopic (exact) mass is 439 g/mol. The Labute approximate surface area is 186 Å². The number of amides is 3. The van der Waals surface area contributed by atoms with Crippen molar-refractivity contribution in [1.29, 1.82) is 0 Å². The van der Waals surface area contributed by atoms with Crippen molar-refractivity contribution in [3.63, 3.8) is 0 Å². The van der Waals surface area contributed by atoms with E-state index >= 15 is 0 Å². The summed E-state index contributed by atoms with van der Waals surface area (Å²) in [6, 6.07) is 7.72. The summed E-state index contributed by atoms with van der Waals surface area (Å²) >= 11 is 1.28. The van der Waals surface area contributed by atoms with Gasteiger partial charge in [-0.05, 0) is 69.3 Å². The summed E-state index contributed by atoms with van der Waals surface area (Å²) in [6.07, 6.45) is 7.16. The molecule has 2 aromatic rings. The van der Waals surface area contributed by atoms with Gasteiger partial charge in [0.25, 0.3) is 0 Å². The number of nitrogens with zero attached hydrogens (tertiary/aromatic N) is 3. The Hall–Kier alpha value is -2.35.